The molecule has 21 heavy (non-hydrogen) atoms. The summed E-state index contributed by atoms with van der Waals surface area (Å²) in [5.41, 5.74) is 3.49. The fourth-order valence-corrected chi connectivity index (χ4v) is 2.37. The van der Waals surface area contributed by atoms with Crippen LogP contribution in [0.1, 0.15) is 11.1 Å². The molecule has 0 aliphatic heterocycles. The summed E-state index contributed by atoms with van der Waals surface area (Å²) in [4.78, 5) is 4.13. The van der Waals surface area contributed by atoms with E-state index < -0.39 is 0 Å². The Labute approximate surface area is 124 Å². The maximum Gasteiger partial charge on any atom is 0.0471 e. The van der Waals surface area contributed by atoms with Crippen molar-refractivity contribution in [3.8, 4) is 0 Å². The lowest BCUT2D eigenvalue weighted by atomic mass is 10.1. The second-order valence-electron chi connectivity index (χ2n) is 5.08. The third-order valence-corrected chi connectivity index (χ3v) is 3.56. The summed E-state index contributed by atoms with van der Waals surface area (Å²) in [5, 5.41) is 14.7. The quantitative estimate of drug-likeness (QED) is 0.752. The monoisotopic (exact) mass is 278 g/mol. The number of aromatic nitrogens is 1. The number of aliphatic hydroxyl groups excluding tert-OH is 1. The number of aliphatic hydroxyl groups is 1. The fourth-order valence-electron chi connectivity index (χ4n) is 2.37. The highest BCUT2D eigenvalue weighted by Gasteiger charge is 1.98. The number of hydrogen-bond donors (Lipinski definition) is 2. The molecule has 1 heterocycles. The first kappa shape index (κ1) is 13.6. The largest absolute Gasteiger partial charge is 0.396 e. The molecule has 2 N–H and O–H groups in total. The van der Waals surface area contributed by atoms with Crippen molar-refractivity contribution < 1.29 is 5.11 Å². The molecule has 106 valence electrons. The van der Waals surface area contributed by atoms with Crippen LogP contribution in [-0.2, 0) is 13.0 Å². The Morgan fingerprint density at radius 1 is 0.905 bits per heavy atom. The van der Waals surface area contributed by atoms with E-state index in [1.54, 1.807) is 0 Å². The summed E-state index contributed by atoms with van der Waals surface area (Å²) in [6.45, 7) is 0.982. The predicted octanol–water partition coefficient (Wildman–Crippen LogP) is 3.38. The zero-order valence-corrected chi connectivity index (χ0v) is 11.8. The van der Waals surface area contributed by atoms with Crippen LogP contribution in [0.3, 0.4) is 0 Å². The molecule has 0 atom stereocenters. The van der Waals surface area contributed by atoms with Crippen molar-refractivity contribution in [3.05, 3.63) is 72.1 Å². The minimum absolute atomic E-state index is 0.193. The Balaban J connectivity index is 1.68. The number of benzene rings is 2. The highest BCUT2D eigenvalue weighted by atomic mass is 16.2. The Morgan fingerprint density at radius 3 is 2.52 bits per heavy atom. The van der Waals surface area contributed by atoms with Gasteiger partial charge in [0.1, 0.15) is 0 Å². The first-order valence-corrected chi connectivity index (χ1v) is 7.11. The summed E-state index contributed by atoms with van der Waals surface area (Å²) in [5.74, 6) is 0. The number of hydrogen-bond acceptors (Lipinski definition) is 3. The van der Waals surface area contributed by atoms with Crippen molar-refractivity contribution in [2.75, 3.05) is 11.9 Å². The molecule has 1 aromatic heterocycles. The number of rotatable bonds is 5. The van der Waals surface area contributed by atoms with Gasteiger partial charge in [-0.05, 0) is 47.2 Å². The van der Waals surface area contributed by atoms with Gasteiger partial charge in [0.15, 0.2) is 0 Å². The van der Waals surface area contributed by atoms with Gasteiger partial charge in [0.25, 0.3) is 0 Å². The minimum atomic E-state index is 0.193. The molecule has 0 fully saturated rings. The van der Waals surface area contributed by atoms with Crippen molar-refractivity contribution in [1.82, 2.24) is 4.98 Å². The van der Waals surface area contributed by atoms with Gasteiger partial charge in [-0.3, -0.25) is 4.98 Å². The first-order valence-electron chi connectivity index (χ1n) is 7.11. The zero-order valence-electron chi connectivity index (χ0n) is 11.8. The molecule has 0 spiro atoms. The third kappa shape index (κ3) is 3.38. The molecule has 0 bridgehead atoms. The second kappa shape index (κ2) is 6.37. The van der Waals surface area contributed by atoms with Gasteiger partial charge in [-0.25, -0.2) is 0 Å². The topological polar surface area (TPSA) is 45.1 Å². The van der Waals surface area contributed by atoms with E-state index in [4.69, 9.17) is 5.11 Å². The van der Waals surface area contributed by atoms with Gasteiger partial charge in [-0.2, -0.15) is 0 Å². The standard InChI is InChI=1S/C18H18N2O/c21-10-8-14-2-5-18(6-3-14)20-12-15-1-4-17-13-19-9-7-16(17)11-15/h1-7,9,11,13,20-21H,8,10,12H2. The van der Waals surface area contributed by atoms with Crippen molar-refractivity contribution in [3.63, 3.8) is 0 Å². The lowest BCUT2D eigenvalue weighted by Crippen LogP contribution is -1.99. The average Bonchev–Trinajstić information content (AvgIpc) is 2.54. The Morgan fingerprint density at radius 2 is 1.71 bits per heavy atom. The van der Waals surface area contributed by atoms with Gasteiger partial charge in [-0.1, -0.05) is 24.3 Å². The molecule has 3 rings (SSSR count). The van der Waals surface area contributed by atoms with E-state index in [1.165, 1.54) is 10.9 Å². The second-order valence-corrected chi connectivity index (χ2v) is 5.08. The van der Waals surface area contributed by atoms with Crippen molar-refractivity contribution >= 4 is 16.5 Å². The van der Waals surface area contributed by atoms with Crippen LogP contribution in [0, 0.1) is 0 Å². The van der Waals surface area contributed by atoms with Gasteiger partial charge < -0.3 is 10.4 Å². The molecule has 0 unspecified atom stereocenters. The lowest BCUT2D eigenvalue weighted by molar-refractivity contribution is 0.299. The fraction of sp³-hybridized carbons (Fsp3) is 0.167. The van der Waals surface area contributed by atoms with Gasteiger partial charge in [0.05, 0.1) is 0 Å². The van der Waals surface area contributed by atoms with Crippen molar-refractivity contribution in [2.24, 2.45) is 0 Å². The summed E-state index contributed by atoms with van der Waals surface area (Å²) in [6.07, 6.45) is 4.41. The van der Waals surface area contributed by atoms with E-state index in [-0.39, 0.29) is 6.61 Å². The number of nitrogens with one attached hydrogen (secondary N) is 1. The normalized spacial score (nSPS) is 10.7. The Kier molecular flexibility index (Phi) is 4.12. The van der Waals surface area contributed by atoms with Crippen molar-refractivity contribution in [2.45, 2.75) is 13.0 Å². The minimum Gasteiger partial charge on any atom is -0.396 e. The molecular weight excluding hydrogens is 260 g/mol. The van der Waals surface area contributed by atoms with Crippen LogP contribution < -0.4 is 5.32 Å². The van der Waals surface area contributed by atoms with Crippen LogP contribution in [0.25, 0.3) is 10.8 Å². The van der Waals surface area contributed by atoms with Crippen LogP contribution in [0.15, 0.2) is 60.9 Å². The first-order chi connectivity index (χ1) is 10.3. The molecule has 0 aliphatic rings. The number of fused-ring (bicyclic) bond motifs is 1. The molecule has 0 radical (unpaired) electrons. The van der Waals surface area contributed by atoms with E-state index in [0.29, 0.717) is 6.42 Å². The molecule has 3 heteroatoms. The van der Waals surface area contributed by atoms with Crippen LogP contribution >= 0.6 is 0 Å². The third-order valence-electron chi connectivity index (χ3n) is 3.56. The molecule has 2 aromatic carbocycles. The summed E-state index contributed by atoms with van der Waals surface area (Å²) >= 11 is 0. The molecule has 0 saturated heterocycles. The molecule has 0 amide bonds. The number of pyridine rings is 1. The predicted molar refractivity (Wildman–Crippen MR) is 86.3 cm³/mol. The summed E-state index contributed by atoms with van der Waals surface area (Å²) in [7, 11) is 0. The highest BCUT2D eigenvalue weighted by Crippen LogP contribution is 2.16. The molecule has 3 nitrogen and oxygen atoms in total. The van der Waals surface area contributed by atoms with E-state index >= 15 is 0 Å². The Hall–Kier alpha value is -2.39. The number of anilines is 1. The van der Waals surface area contributed by atoms with E-state index in [1.807, 2.05) is 30.6 Å². The molecule has 3 aromatic rings. The van der Waals surface area contributed by atoms with E-state index in [9.17, 15) is 0 Å². The van der Waals surface area contributed by atoms with Gasteiger partial charge >= 0.3 is 0 Å². The van der Waals surface area contributed by atoms with Crippen LogP contribution in [-0.4, -0.2) is 16.7 Å². The maximum absolute atomic E-state index is 8.91. The zero-order chi connectivity index (χ0) is 14.5. The van der Waals surface area contributed by atoms with Gasteiger partial charge in [-0.15, -0.1) is 0 Å². The van der Waals surface area contributed by atoms with Crippen LogP contribution in [0.4, 0.5) is 5.69 Å². The molecule has 0 aliphatic carbocycles. The average molecular weight is 278 g/mol. The lowest BCUT2D eigenvalue weighted by Gasteiger charge is -2.08. The van der Waals surface area contributed by atoms with Crippen LogP contribution in [0.5, 0.6) is 0 Å². The maximum atomic E-state index is 8.91. The van der Waals surface area contributed by atoms with E-state index in [0.717, 1.165) is 23.2 Å². The number of nitrogens with zero attached hydrogens (tertiary/aromatic N) is 1. The summed E-state index contributed by atoms with van der Waals surface area (Å²) in [6, 6.07) is 16.6. The van der Waals surface area contributed by atoms with Gasteiger partial charge in [0, 0.05) is 36.6 Å². The van der Waals surface area contributed by atoms with Crippen LogP contribution in [0.2, 0.25) is 0 Å². The smallest absolute Gasteiger partial charge is 0.0471 e. The summed E-state index contributed by atoms with van der Waals surface area (Å²) < 4.78 is 0. The van der Waals surface area contributed by atoms with E-state index in [2.05, 4.69) is 40.6 Å². The SMILES string of the molecule is OCCc1ccc(NCc2ccc3cnccc3c2)cc1. The molecule has 0 saturated carbocycles. The molecular formula is C18H18N2O. The Bertz CT molecular complexity index is 723. The van der Waals surface area contributed by atoms with Gasteiger partial charge in [0.2, 0.25) is 0 Å². The highest BCUT2D eigenvalue weighted by molar-refractivity contribution is 5.82. The van der Waals surface area contributed by atoms with Crippen molar-refractivity contribution in [1.29, 1.82) is 0 Å².